The van der Waals surface area contributed by atoms with Crippen LogP contribution < -0.4 is 10.6 Å². The molecule has 1 amide bonds. The van der Waals surface area contributed by atoms with Crippen LogP contribution in [0.25, 0.3) is 0 Å². The molecule has 0 spiro atoms. The molecule has 1 aliphatic rings. The van der Waals surface area contributed by atoms with Crippen molar-refractivity contribution in [3.05, 3.63) is 0 Å². The summed E-state index contributed by atoms with van der Waals surface area (Å²) in [6, 6.07) is -1.54. The van der Waals surface area contributed by atoms with E-state index in [1.165, 1.54) is 6.92 Å². The van der Waals surface area contributed by atoms with Crippen molar-refractivity contribution in [2.45, 2.75) is 71.5 Å². The molecule has 3 N–H and O–H groups in total. The Balaban J connectivity index is 3.01. The quantitative estimate of drug-likeness (QED) is 0.546. The highest BCUT2D eigenvalue weighted by molar-refractivity contribution is 5.80. The van der Waals surface area contributed by atoms with Crippen molar-refractivity contribution in [2.24, 2.45) is 11.8 Å². The van der Waals surface area contributed by atoms with Crippen LogP contribution in [0.4, 0.5) is 0 Å². The number of hydrogen-bond donors (Lipinski definition) is 3. The van der Waals surface area contributed by atoms with E-state index in [9.17, 15) is 19.5 Å². The van der Waals surface area contributed by atoms with Crippen LogP contribution in [-0.4, -0.2) is 47.7 Å². The van der Waals surface area contributed by atoms with Gasteiger partial charge in [0, 0.05) is 19.0 Å². The number of carbonyl (C=O) groups excluding carboxylic acids is 2. The van der Waals surface area contributed by atoms with E-state index in [1.807, 2.05) is 0 Å². The zero-order valence-corrected chi connectivity index (χ0v) is 15.0. The van der Waals surface area contributed by atoms with Gasteiger partial charge in [-0.3, -0.25) is 19.7 Å². The first-order valence-corrected chi connectivity index (χ1v) is 8.76. The Morgan fingerprint density at radius 3 is 2.33 bits per heavy atom. The van der Waals surface area contributed by atoms with Crippen LogP contribution in [0.3, 0.4) is 0 Å². The van der Waals surface area contributed by atoms with Crippen molar-refractivity contribution >= 4 is 17.8 Å². The Morgan fingerprint density at radius 2 is 1.88 bits per heavy atom. The standard InChI is InChI=1S/C17H30N2O5/c1-5-11(6-2)8-13(18-10(4)20)15-12(17(23)24-7-3)9-14(19-15)16(21)22/h11-15,19H,5-9H2,1-4H3,(H,18,20)(H,21,22)/t12?,13?,14-,15?/m0/s1. The first kappa shape index (κ1) is 20.4. The van der Waals surface area contributed by atoms with E-state index < -0.39 is 29.9 Å². The topological polar surface area (TPSA) is 105 Å². The number of carboxylic acids is 1. The SMILES string of the molecule is CCOC(=O)C1C[C@@H](C(=O)O)NC1C(CC(CC)CC)NC(C)=O. The second-order valence-corrected chi connectivity index (χ2v) is 6.40. The lowest BCUT2D eigenvalue weighted by Crippen LogP contribution is -2.53. The second kappa shape index (κ2) is 9.61. The molecular formula is C17H30N2O5. The number of hydrogen-bond acceptors (Lipinski definition) is 5. The number of nitrogens with one attached hydrogen (secondary N) is 2. The van der Waals surface area contributed by atoms with Crippen LogP contribution in [0, 0.1) is 11.8 Å². The number of rotatable bonds is 9. The highest BCUT2D eigenvalue weighted by Gasteiger charge is 2.46. The molecule has 1 rings (SSSR count). The maximum atomic E-state index is 12.3. The van der Waals surface area contributed by atoms with Crippen molar-refractivity contribution in [1.29, 1.82) is 0 Å². The normalized spacial score (nSPS) is 24.6. The van der Waals surface area contributed by atoms with Crippen molar-refractivity contribution in [3.8, 4) is 0 Å². The Morgan fingerprint density at radius 1 is 1.25 bits per heavy atom. The first-order chi connectivity index (χ1) is 11.3. The summed E-state index contributed by atoms with van der Waals surface area (Å²) in [5, 5.41) is 15.2. The van der Waals surface area contributed by atoms with Crippen molar-refractivity contribution in [2.75, 3.05) is 6.61 Å². The van der Waals surface area contributed by atoms with E-state index in [4.69, 9.17) is 4.74 Å². The van der Waals surface area contributed by atoms with Crippen LogP contribution in [0.1, 0.15) is 53.4 Å². The molecular weight excluding hydrogens is 312 g/mol. The maximum absolute atomic E-state index is 12.3. The lowest BCUT2D eigenvalue weighted by Gasteiger charge is -2.31. The summed E-state index contributed by atoms with van der Waals surface area (Å²) >= 11 is 0. The lowest BCUT2D eigenvalue weighted by atomic mass is 9.86. The summed E-state index contributed by atoms with van der Waals surface area (Å²) < 4.78 is 5.11. The van der Waals surface area contributed by atoms with E-state index in [-0.39, 0.29) is 25.0 Å². The third-order valence-corrected chi connectivity index (χ3v) is 4.77. The summed E-state index contributed by atoms with van der Waals surface area (Å²) in [7, 11) is 0. The van der Waals surface area contributed by atoms with Crippen molar-refractivity contribution in [1.82, 2.24) is 10.6 Å². The van der Waals surface area contributed by atoms with Gasteiger partial charge in [-0.2, -0.15) is 0 Å². The van der Waals surface area contributed by atoms with Crippen LogP contribution in [0.2, 0.25) is 0 Å². The van der Waals surface area contributed by atoms with Crippen molar-refractivity contribution < 1.29 is 24.2 Å². The van der Waals surface area contributed by atoms with E-state index >= 15 is 0 Å². The number of esters is 1. The van der Waals surface area contributed by atoms with Gasteiger partial charge >= 0.3 is 11.9 Å². The van der Waals surface area contributed by atoms with E-state index in [0.29, 0.717) is 12.3 Å². The molecule has 1 saturated heterocycles. The smallest absolute Gasteiger partial charge is 0.320 e. The van der Waals surface area contributed by atoms with Crippen LogP contribution in [0.15, 0.2) is 0 Å². The summed E-state index contributed by atoms with van der Waals surface area (Å²) in [6.45, 7) is 7.58. The van der Waals surface area contributed by atoms with Gasteiger partial charge in [0.25, 0.3) is 0 Å². The van der Waals surface area contributed by atoms with Gasteiger partial charge in [0.1, 0.15) is 6.04 Å². The zero-order valence-electron chi connectivity index (χ0n) is 15.0. The fraction of sp³-hybridized carbons (Fsp3) is 0.824. The highest BCUT2D eigenvalue weighted by atomic mass is 16.5. The summed E-state index contributed by atoms with van der Waals surface area (Å²) in [5.41, 5.74) is 0. The molecule has 0 bridgehead atoms. The van der Waals surface area contributed by atoms with Gasteiger partial charge in [-0.25, -0.2) is 0 Å². The third kappa shape index (κ3) is 5.47. The number of ether oxygens (including phenoxy) is 1. The average Bonchev–Trinajstić information content (AvgIpc) is 2.96. The summed E-state index contributed by atoms with van der Waals surface area (Å²) in [5.74, 6) is -1.75. The van der Waals surface area contributed by atoms with Crippen LogP contribution >= 0.6 is 0 Å². The fourth-order valence-electron chi connectivity index (χ4n) is 3.42. The minimum absolute atomic E-state index is 0.178. The molecule has 1 fully saturated rings. The molecule has 138 valence electrons. The largest absolute Gasteiger partial charge is 0.480 e. The third-order valence-electron chi connectivity index (χ3n) is 4.77. The van der Waals surface area contributed by atoms with Gasteiger partial charge in [-0.15, -0.1) is 0 Å². The molecule has 0 saturated carbocycles. The molecule has 7 nitrogen and oxygen atoms in total. The Labute approximate surface area is 143 Å². The van der Waals surface area contributed by atoms with Gasteiger partial charge in [-0.1, -0.05) is 26.7 Å². The zero-order chi connectivity index (χ0) is 18.3. The lowest BCUT2D eigenvalue weighted by molar-refractivity contribution is -0.148. The average molecular weight is 342 g/mol. The number of carbonyl (C=O) groups is 3. The van der Waals surface area contributed by atoms with E-state index in [0.717, 1.165) is 12.8 Å². The van der Waals surface area contributed by atoms with E-state index in [2.05, 4.69) is 24.5 Å². The van der Waals surface area contributed by atoms with Gasteiger partial charge in [0.2, 0.25) is 5.91 Å². The fourth-order valence-corrected chi connectivity index (χ4v) is 3.42. The molecule has 7 heteroatoms. The van der Waals surface area contributed by atoms with Gasteiger partial charge in [0.05, 0.1) is 12.5 Å². The van der Waals surface area contributed by atoms with Crippen LogP contribution in [-0.2, 0) is 19.1 Å². The molecule has 1 heterocycles. The van der Waals surface area contributed by atoms with E-state index in [1.54, 1.807) is 6.92 Å². The highest BCUT2D eigenvalue weighted by Crippen LogP contribution is 2.28. The molecule has 3 unspecified atom stereocenters. The predicted octanol–water partition coefficient (Wildman–Crippen LogP) is 1.31. The number of carboxylic acid groups (broad SMARTS) is 1. The van der Waals surface area contributed by atoms with Crippen molar-refractivity contribution in [3.63, 3.8) is 0 Å². The van der Waals surface area contributed by atoms with Gasteiger partial charge in [0.15, 0.2) is 0 Å². The molecule has 0 aromatic carbocycles. The van der Waals surface area contributed by atoms with Gasteiger partial charge < -0.3 is 15.2 Å². The number of amides is 1. The first-order valence-electron chi connectivity index (χ1n) is 8.76. The second-order valence-electron chi connectivity index (χ2n) is 6.40. The monoisotopic (exact) mass is 342 g/mol. The molecule has 0 aromatic heterocycles. The summed E-state index contributed by atoms with van der Waals surface area (Å²) in [6.07, 6.45) is 2.81. The summed E-state index contributed by atoms with van der Waals surface area (Å²) in [4.78, 5) is 35.2. The number of aliphatic carboxylic acids is 1. The molecule has 0 radical (unpaired) electrons. The predicted molar refractivity (Wildman–Crippen MR) is 89.4 cm³/mol. The molecule has 0 aromatic rings. The van der Waals surface area contributed by atoms with Gasteiger partial charge in [-0.05, 0) is 25.7 Å². The Kier molecular flexibility index (Phi) is 8.18. The molecule has 24 heavy (non-hydrogen) atoms. The molecule has 0 aliphatic carbocycles. The Hall–Kier alpha value is -1.63. The Bertz CT molecular complexity index is 450. The minimum Gasteiger partial charge on any atom is -0.480 e. The van der Waals surface area contributed by atoms with Crippen LogP contribution in [0.5, 0.6) is 0 Å². The molecule has 1 aliphatic heterocycles. The minimum atomic E-state index is -0.990. The maximum Gasteiger partial charge on any atom is 0.320 e. The molecule has 4 atom stereocenters.